The van der Waals surface area contributed by atoms with Gasteiger partial charge in [0.1, 0.15) is 0 Å². The van der Waals surface area contributed by atoms with Crippen LogP contribution in [0.1, 0.15) is 67.8 Å². The van der Waals surface area contributed by atoms with Gasteiger partial charge < -0.3 is 5.32 Å². The van der Waals surface area contributed by atoms with Crippen LogP contribution in [0.3, 0.4) is 0 Å². The van der Waals surface area contributed by atoms with Crippen molar-refractivity contribution in [2.24, 2.45) is 0 Å². The number of unbranched alkanes of at least 4 members (excludes halogenated alkanes) is 6. The molecule has 1 rings (SSSR count). The molecule has 0 radical (unpaired) electrons. The van der Waals surface area contributed by atoms with Gasteiger partial charge in [-0.05, 0) is 19.4 Å². The number of hydrogen-bond donors (Lipinski definition) is 1. The summed E-state index contributed by atoms with van der Waals surface area (Å²) in [5.74, 6) is -0.229. The molecule has 0 heterocycles. The molecule has 122 valence electrons. The summed E-state index contributed by atoms with van der Waals surface area (Å²) in [6.07, 6.45) is 8.35. The van der Waals surface area contributed by atoms with E-state index in [4.69, 9.17) is 0 Å². The van der Waals surface area contributed by atoms with Crippen LogP contribution >= 0.6 is 0 Å². The first kappa shape index (κ1) is 18.1. The number of hydrogen-bond acceptors (Lipinski definition) is 3. The van der Waals surface area contributed by atoms with Crippen molar-refractivity contribution in [3.8, 4) is 0 Å². The molecule has 22 heavy (non-hydrogen) atoms. The van der Waals surface area contributed by atoms with Crippen LogP contribution < -0.4 is 5.32 Å². The normalized spacial score (nSPS) is 10.5. The second kappa shape index (κ2) is 9.92. The molecule has 0 atom stereocenters. The van der Waals surface area contributed by atoms with Crippen LogP contribution in [0.15, 0.2) is 18.2 Å². The maximum absolute atomic E-state index is 12.1. The molecule has 0 aliphatic rings. The maximum Gasteiger partial charge on any atom is 0.273 e. The number of carbonyl (C=O) groups is 1. The molecule has 1 amide bonds. The smallest absolute Gasteiger partial charge is 0.273 e. The van der Waals surface area contributed by atoms with Gasteiger partial charge in [-0.25, -0.2) is 0 Å². The first-order valence-electron chi connectivity index (χ1n) is 8.10. The highest BCUT2D eigenvalue weighted by Crippen LogP contribution is 2.20. The second-order valence-corrected chi connectivity index (χ2v) is 5.58. The van der Waals surface area contributed by atoms with E-state index in [1.807, 2.05) is 0 Å². The molecule has 1 aromatic rings. The Bertz CT molecular complexity index is 501. The number of benzene rings is 1. The van der Waals surface area contributed by atoms with E-state index in [0.717, 1.165) is 12.8 Å². The Hall–Kier alpha value is -1.91. The lowest BCUT2D eigenvalue weighted by molar-refractivity contribution is -0.385. The zero-order valence-electron chi connectivity index (χ0n) is 13.6. The predicted octanol–water partition coefficient (Wildman–Crippen LogP) is 4.38. The predicted molar refractivity (Wildman–Crippen MR) is 88.2 cm³/mol. The molecule has 1 N–H and O–H groups in total. The largest absolute Gasteiger partial charge is 0.352 e. The first-order valence-corrected chi connectivity index (χ1v) is 8.10. The van der Waals surface area contributed by atoms with Gasteiger partial charge in [-0.1, -0.05) is 51.5 Å². The van der Waals surface area contributed by atoms with Gasteiger partial charge in [0.05, 0.1) is 4.92 Å². The lowest BCUT2D eigenvalue weighted by Crippen LogP contribution is -2.25. The van der Waals surface area contributed by atoms with Crippen molar-refractivity contribution in [3.05, 3.63) is 39.4 Å². The van der Waals surface area contributed by atoms with Crippen LogP contribution in [0.5, 0.6) is 0 Å². The minimum Gasteiger partial charge on any atom is -0.352 e. The summed E-state index contributed by atoms with van der Waals surface area (Å²) in [4.78, 5) is 22.5. The molecule has 0 saturated carbocycles. The zero-order valence-corrected chi connectivity index (χ0v) is 13.6. The molecular weight excluding hydrogens is 280 g/mol. The highest BCUT2D eigenvalue weighted by molar-refractivity contribution is 5.96. The lowest BCUT2D eigenvalue weighted by Gasteiger charge is -2.08. The number of nitro benzene ring substituents is 1. The average Bonchev–Trinajstić information content (AvgIpc) is 2.49. The Morgan fingerprint density at radius 1 is 1.14 bits per heavy atom. The fourth-order valence-electron chi connectivity index (χ4n) is 2.45. The minimum absolute atomic E-state index is 0.0106. The molecule has 0 fully saturated rings. The second-order valence-electron chi connectivity index (χ2n) is 5.58. The Balaban J connectivity index is 2.34. The van der Waals surface area contributed by atoms with Crippen LogP contribution in [-0.2, 0) is 0 Å². The van der Waals surface area contributed by atoms with Crippen molar-refractivity contribution in [1.82, 2.24) is 5.32 Å². The van der Waals surface area contributed by atoms with Crippen LogP contribution in [0, 0.1) is 17.0 Å². The van der Waals surface area contributed by atoms with E-state index in [1.54, 1.807) is 19.1 Å². The van der Waals surface area contributed by atoms with Gasteiger partial charge in [0.25, 0.3) is 11.6 Å². The number of nitro groups is 1. The van der Waals surface area contributed by atoms with E-state index >= 15 is 0 Å². The number of carbonyl (C=O) groups excluding carboxylic acids is 1. The molecule has 0 saturated heterocycles. The van der Waals surface area contributed by atoms with Gasteiger partial charge in [0.15, 0.2) is 0 Å². The average molecular weight is 306 g/mol. The van der Waals surface area contributed by atoms with Crippen molar-refractivity contribution < 1.29 is 9.72 Å². The standard InChI is InChI=1S/C17H26N2O3/c1-3-4-5-6-7-8-9-13-18-17(20)15-11-10-12-16(14(15)2)19(21)22/h10-12H,3-9,13H2,1-2H3,(H,18,20). The summed E-state index contributed by atoms with van der Waals surface area (Å²) >= 11 is 0. The summed E-state index contributed by atoms with van der Waals surface area (Å²) in [6, 6.07) is 4.60. The fourth-order valence-corrected chi connectivity index (χ4v) is 2.45. The third-order valence-corrected chi connectivity index (χ3v) is 3.81. The number of rotatable bonds is 10. The molecule has 5 heteroatoms. The third kappa shape index (κ3) is 5.84. The van der Waals surface area contributed by atoms with E-state index in [9.17, 15) is 14.9 Å². The maximum atomic E-state index is 12.1. The molecule has 0 bridgehead atoms. The van der Waals surface area contributed by atoms with Crippen molar-refractivity contribution in [3.63, 3.8) is 0 Å². The van der Waals surface area contributed by atoms with Crippen molar-refractivity contribution in [2.75, 3.05) is 6.54 Å². The van der Waals surface area contributed by atoms with E-state index < -0.39 is 4.92 Å². The number of amides is 1. The van der Waals surface area contributed by atoms with E-state index in [0.29, 0.717) is 17.7 Å². The molecule has 0 aliphatic carbocycles. The van der Waals surface area contributed by atoms with Gasteiger partial charge >= 0.3 is 0 Å². The molecule has 5 nitrogen and oxygen atoms in total. The molecule has 0 aromatic heterocycles. The SMILES string of the molecule is CCCCCCCCCNC(=O)c1cccc([N+](=O)[O-])c1C. The van der Waals surface area contributed by atoms with Crippen LogP contribution in [0.2, 0.25) is 0 Å². The summed E-state index contributed by atoms with van der Waals surface area (Å²) in [6.45, 7) is 4.43. The molecule has 0 unspecified atom stereocenters. The molecule has 0 aliphatic heterocycles. The van der Waals surface area contributed by atoms with Crippen molar-refractivity contribution >= 4 is 11.6 Å². The van der Waals surface area contributed by atoms with Gasteiger partial charge in [-0.15, -0.1) is 0 Å². The molecule has 1 aromatic carbocycles. The molecular formula is C17H26N2O3. The summed E-state index contributed by atoms with van der Waals surface area (Å²) in [5.41, 5.74) is 0.797. The quantitative estimate of drug-likeness (QED) is 0.396. The number of nitrogens with one attached hydrogen (secondary N) is 1. The summed E-state index contributed by atoms with van der Waals surface area (Å²) in [5, 5.41) is 13.7. The van der Waals surface area contributed by atoms with E-state index in [-0.39, 0.29) is 11.6 Å². The summed E-state index contributed by atoms with van der Waals surface area (Å²) in [7, 11) is 0. The first-order chi connectivity index (χ1) is 10.6. The summed E-state index contributed by atoms with van der Waals surface area (Å²) < 4.78 is 0. The topological polar surface area (TPSA) is 72.2 Å². The highest BCUT2D eigenvalue weighted by atomic mass is 16.6. The van der Waals surface area contributed by atoms with E-state index in [2.05, 4.69) is 12.2 Å². The Morgan fingerprint density at radius 2 is 1.77 bits per heavy atom. The minimum atomic E-state index is -0.456. The van der Waals surface area contributed by atoms with Gasteiger partial charge in [-0.3, -0.25) is 14.9 Å². The Morgan fingerprint density at radius 3 is 2.41 bits per heavy atom. The molecule has 0 spiro atoms. The monoisotopic (exact) mass is 306 g/mol. The highest BCUT2D eigenvalue weighted by Gasteiger charge is 2.17. The van der Waals surface area contributed by atoms with Crippen LogP contribution in [0.4, 0.5) is 5.69 Å². The van der Waals surface area contributed by atoms with E-state index in [1.165, 1.54) is 38.2 Å². The Labute approximate surface area is 132 Å². The van der Waals surface area contributed by atoms with Gasteiger partial charge in [0, 0.05) is 23.7 Å². The van der Waals surface area contributed by atoms with Gasteiger partial charge in [0.2, 0.25) is 0 Å². The van der Waals surface area contributed by atoms with Crippen molar-refractivity contribution in [1.29, 1.82) is 0 Å². The fraction of sp³-hybridized carbons (Fsp3) is 0.588. The zero-order chi connectivity index (χ0) is 16.4. The Kier molecular flexibility index (Phi) is 8.18. The third-order valence-electron chi connectivity index (χ3n) is 3.81. The lowest BCUT2D eigenvalue weighted by atomic mass is 10.1. The van der Waals surface area contributed by atoms with Crippen molar-refractivity contribution in [2.45, 2.75) is 58.8 Å². The van der Waals surface area contributed by atoms with Crippen LogP contribution in [0.25, 0.3) is 0 Å². The van der Waals surface area contributed by atoms with Crippen LogP contribution in [-0.4, -0.2) is 17.4 Å². The van der Waals surface area contributed by atoms with Gasteiger partial charge in [-0.2, -0.15) is 0 Å². The number of nitrogens with zero attached hydrogens (tertiary/aromatic N) is 1.